The third kappa shape index (κ3) is 2.51. The standard InChI is InChI=1S/C19H28N4O/c1-12-4-3-5-15-13(8-9-21-18(12)15)11-23-17-10-14(24)6-7-16(17)19(20)22(23)2/h3-5,13-14,19,21,24H,6-11,20H2,1-2H3. The van der Waals surface area contributed by atoms with Crippen LogP contribution in [0.2, 0.25) is 0 Å². The van der Waals surface area contributed by atoms with Gasteiger partial charge in [0.15, 0.2) is 0 Å². The number of hydrogen-bond acceptors (Lipinski definition) is 5. The predicted octanol–water partition coefficient (Wildman–Crippen LogP) is 2.14. The van der Waals surface area contributed by atoms with Crippen molar-refractivity contribution >= 4 is 5.69 Å². The van der Waals surface area contributed by atoms with Gasteiger partial charge in [0.1, 0.15) is 0 Å². The van der Waals surface area contributed by atoms with E-state index >= 15 is 0 Å². The van der Waals surface area contributed by atoms with E-state index in [2.05, 4.69) is 47.5 Å². The van der Waals surface area contributed by atoms with Crippen molar-refractivity contribution in [3.05, 3.63) is 40.6 Å². The Hall–Kier alpha value is -1.56. The Bertz CT molecular complexity index is 671. The van der Waals surface area contributed by atoms with E-state index in [9.17, 15) is 5.11 Å². The van der Waals surface area contributed by atoms with Crippen molar-refractivity contribution in [3.63, 3.8) is 0 Å². The summed E-state index contributed by atoms with van der Waals surface area (Å²) in [5.74, 6) is 0.488. The highest BCUT2D eigenvalue weighted by atomic mass is 16.3. The van der Waals surface area contributed by atoms with Crippen LogP contribution in [0.1, 0.15) is 42.7 Å². The summed E-state index contributed by atoms with van der Waals surface area (Å²) < 4.78 is 0. The molecule has 0 fully saturated rings. The van der Waals surface area contributed by atoms with Crippen LogP contribution in [-0.2, 0) is 0 Å². The molecule has 1 aliphatic carbocycles. The van der Waals surface area contributed by atoms with Gasteiger partial charge in [-0.1, -0.05) is 18.2 Å². The van der Waals surface area contributed by atoms with Gasteiger partial charge < -0.3 is 21.2 Å². The van der Waals surface area contributed by atoms with Gasteiger partial charge in [0, 0.05) is 43.9 Å². The molecule has 0 bridgehead atoms. The first-order valence-corrected chi connectivity index (χ1v) is 9.05. The third-order valence-electron chi connectivity index (χ3n) is 5.93. The first kappa shape index (κ1) is 15.9. The van der Waals surface area contributed by atoms with E-state index in [0.717, 1.165) is 38.8 Å². The molecule has 1 aromatic carbocycles. The van der Waals surface area contributed by atoms with Crippen molar-refractivity contribution in [1.82, 2.24) is 10.0 Å². The highest BCUT2D eigenvalue weighted by Crippen LogP contribution is 2.40. The Kier molecular flexibility index (Phi) is 4.03. The summed E-state index contributed by atoms with van der Waals surface area (Å²) in [6.45, 7) is 4.12. The average molecular weight is 328 g/mol. The van der Waals surface area contributed by atoms with Crippen molar-refractivity contribution in [1.29, 1.82) is 0 Å². The number of rotatable bonds is 2. The highest BCUT2D eigenvalue weighted by Gasteiger charge is 2.38. The molecular formula is C19H28N4O. The van der Waals surface area contributed by atoms with Crippen LogP contribution in [0.4, 0.5) is 5.69 Å². The summed E-state index contributed by atoms with van der Waals surface area (Å²) in [7, 11) is 2.08. The largest absolute Gasteiger partial charge is 0.393 e. The minimum atomic E-state index is -0.229. The van der Waals surface area contributed by atoms with Gasteiger partial charge in [-0.25, -0.2) is 5.01 Å². The number of hydrazine groups is 1. The van der Waals surface area contributed by atoms with Gasteiger partial charge in [-0.2, -0.15) is 0 Å². The van der Waals surface area contributed by atoms with Crippen molar-refractivity contribution in [2.75, 3.05) is 25.5 Å². The van der Waals surface area contributed by atoms with Crippen molar-refractivity contribution < 1.29 is 5.11 Å². The molecule has 3 unspecified atom stereocenters. The summed E-state index contributed by atoms with van der Waals surface area (Å²) in [5, 5.41) is 18.2. The number of nitrogens with one attached hydrogen (secondary N) is 1. The fourth-order valence-electron chi connectivity index (χ4n) is 4.51. The van der Waals surface area contributed by atoms with E-state index in [1.54, 1.807) is 0 Å². The van der Waals surface area contributed by atoms with Crippen LogP contribution < -0.4 is 11.1 Å². The predicted molar refractivity (Wildman–Crippen MR) is 96.4 cm³/mol. The molecule has 3 atom stereocenters. The van der Waals surface area contributed by atoms with E-state index in [1.807, 2.05) is 0 Å². The average Bonchev–Trinajstić information content (AvgIpc) is 2.80. The molecule has 4 rings (SSSR count). The fraction of sp³-hybridized carbons (Fsp3) is 0.579. The molecular weight excluding hydrogens is 300 g/mol. The van der Waals surface area contributed by atoms with Crippen LogP contribution in [0.15, 0.2) is 29.5 Å². The first-order valence-electron chi connectivity index (χ1n) is 9.05. The molecule has 0 saturated heterocycles. The topological polar surface area (TPSA) is 64.8 Å². The molecule has 0 saturated carbocycles. The highest BCUT2D eigenvalue weighted by molar-refractivity contribution is 5.60. The maximum atomic E-state index is 10.1. The number of nitrogens with two attached hydrogens (primary N) is 1. The zero-order chi connectivity index (χ0) is 16.8. The van der Waals surface area contributed by atoms with Crippen LogP contribution in [0.25, 0.3) is 0 Å². The van der Waals surface area contributed by atoms with Gasteiger partial charge in [-0.3, -0.25) is 0 Å². The lowest BCUT2D eigenvalue weighted by Crippen LogP contribution is -2.46. The van der Waals surface area contributed by atoms with E-state index < -0.39 is 0 Å². The number of fused-ring (bicyclic) bond motifs is 1. The van der Waals surface area contributed by atoms with Crippen LogP contribution in [-0.4, -0.2) is 47.5 Å². The quantitative estimate of drug-likeness (QED) is 0.776. The maximum Gasteiger partial charge on any atom is 0.0991 e. The Balaban J connectivity index is 1.62. The van der Waals surface area contributed by atoms with E-state index in [1.165, 1.54) is 28.1 Å². The molecule has 4 N–H and O–H groups in total. The minimum absolute atomic E-state index is 0.0359. The van der Waals surface area contributed by atoms with Gasteiger partial charge in [-0.05, 0) is 42.9 Å². The van der Waals surface area contributed by atoms with Crippen LogP contribution >= 0.6 is 0 Å². The summed E-state index contributed by atoms with van der Waals surface area (Å²) in [5.41, 5.74) is 13.0. The monoisotopic (exact) mass is 328 g/mol. The summed E-state index contributed by atoms with van der Waals surface area (Å²) in [4.78, 5) is 0. The van der Waals surface area contributed by atoms with E-state index in [4.69, 9.17) is 5.73 Å². The van der Waals surface area contributed by atoms with Gasteiger partial charge in [0.25, 0.3) is 0 Å². The smallest absolute Gasteiger partial charge is 0.0991 e. The number of aryl methyl sites for hydroxylation is 1. The number of aliphatic hydroxyl groups is 1. The number of aliphatic hydroxyl groups excluding tert-OH is 1. The molecule has 2 aliphatic heterocycles. The Morgan fingerprint density at radius 3 is 3.00 bits per heavy atom. The van der Waals surface area contributed by atoms with Crippen LogP contribution in [0.5, 0.6) is 0 Å². The number of hydrogen-bond donors (Lipinski definition) is 3. The second kappa shape index (κ2) is 6.06. The summed E-state index contributed by atoms with van der Waals surface area (Å²) >= 11 is 0. The number of likely N-dealkylation sites (N-methyl/N-ethyl adjacent to an activating group) is 1. The van der Waals surface area contributed by atoms with Gasteiger partial charge in [-0.15, -0.1) is 0 Å². The van der Waals surface area contributed by atoms with Crippen LogP contribution in [0.3, 0.4) is 0 Å². The molecule has 0 amide bonds. The van der Waals surface area contributed by atoms with E-state index in [0.29, 0.717) is 5.92 Å². The lowest BCUT2D eigenvalue weighted by Gasteiger charge is -2.37. The maximum absolute atomic E-state index is 10.1. The molecule has 2 heterocycles. The number of para-hydroxylation sites is 1. The number of nitrogens with zero attached hydrogens (tertiary/aromatic N) is 2. The molecule has 0 radical (unpaired) electrons. The van der Waals surface area contributed by atoms with Gasteiger partial charge >= 0.3 is 0 Å². The van der Waals surface area contributed by atoms with Gasteiger partial charge in [0.2, 0.25) is 0 Å². The Labute approximate surface area is 144 Å². The third-order valence-corrected chi connectivity index (χ3v) is 5.93. The van der Waals surface area contributed by atoms with Crippen molar-refractivity contribution in [2.45, 2.75) is 50.8 Å². The minimum Gasteiger partial charge on any atom is -0.393 e. The number of benzene rings is 1. The van der Waals surface area contributed by atoms with Crippen molar-refractivity contribution in [2.24, 2.45) is 5.73 Å². The zero-order valence-electron chi connectivity index (χ0n) is 14.6. The molecule has 5 nitrogen and oxygen atoms in total. The molecule has 24 heavy (non-hydrogen) atoms. The molecule has 0 aromatic heterocycles. The molecule has 5 heteroatoms. The van der Waals surface area contributed by atoms with Gasteiger partial charge in [0.05, 0.1) is 12.3 Å². The summed E-state index contributed by atoms with van der Waals surface area (Å²) in [6.07, 6.45) is 3.35. The van der Waals surface area contributed by atoms with Crippen molar-refractivity contribution in [3.8, 4) is 0 Å². The Morgan fingerprint density at radius 1 is 1.33 bits per heavy atom. The normalized spacial score (nSPS) is 30.2. The number of anilines is 1. The lowest BCUT2D eigenvalue weighted by atomic mass is 9.88. The molecule has 0 spiro atoms. The zero-order valence-corrected chi connectivity index (χ0v) is 14.6. The fourth-order valence-corrected chi connectivity index (χ4v) is 4.51. The summed E-state index contributed by atoms with van der Waals surface area (Å²) in [6, 6.07) is 6.58. The molecule has 130 valence electrons. The molecule has 1 aromatic rings. The van der Waals surface area contributed by atoms with E-state index in [-0.39, 0.29) is 12.3 Å². The first-order chi connectivity index (χ1) is 11.6. The SMILES string of the molecule is Cc1cccc2c1NCCC2CN1C2=C(CCC(O)C2)C(N)N1C. The Morgan fingerprint density at radius 2 is 2.17 bits per heavy atom. The lowest BCUT2D eigenvalue weighted by molar-refractivity contribution is 0.0219. The van der Waals surface area contributed by atoms with Crippen LogP contribution in [0, 0.1) is 6.92 Å². The molecule has 3 aliphatic rings. The second-order valence-electron chi connectivity index (χ2n) is 7.42. The second-order valence-corrected chi connectivity index (χ2v) is 7.42.